The van der Waals surface area contributed by atoms with Gasteiger partial charge in [-0.2, -0.15) is 0 Å². The molecule has 1 aliphatic rings. The maximum absolute atomic E-state index is 11.5. The van der Waals surface area contributed by atoms with Crippen molar-refractivity contribution in [2.75, 3.05) is 6.61 Å². The quantitative estimate of drug-likeness (QED) is 0.853. The van der Waals surface area contributed by atoms with E-state index >= 15 is 0 Å². The summed E-state index contributed by atoms with van der Waals surface area (Å²) in [4.78, 5) is 0.352. The van der Waals surface area contributed by atoms with Gasteiger partial charge < -0.3 is 5.11 Å². The van der Waals surface area contributed by atoms with E-state index in [9.17, 15) is 13.5 Å². The first-order valence-electron chi connectivity index (χ1n) is 5.05. The molecule has 0 amide bonds. The fourth-order valence-corrected chi connectivity index (χ4v) is 2.87. The van der Waals surface area contributed by atoms with E-state index in [0.717, 1.165) is 5.56 Å². The second-order valence-electron chi connectivity index (χ2n) is 4.64. The monoisotopic (exact) mass is 238 g/mol. The van der Waals surface area contributed by atoms with Crippen LogP contribution in [0.15, 0.2) is 28.5 Å². The van der Waals surface area contributed by atoms with Crippen LogP contribution in [0.25, 0.3) is 6.08 Å². The number of rotatable bonds is 2. The third kappa shape index (κ3) is 1.68. The first kappa shape index (κ1) is 11.4. The Morgan fingerprint density at radius 1 is 1.31 bits per heavy atom. The van der Waals surface area contributed by atoms with Gasteiger partial charge in [-0.3, -0.25) is 0 Å². The van der Waals surface area contributed by atoms with E-state index in [4.69, 9.17) is 0 Å². The van der Waals surface area contributed by atoms with E-state index < -0.39 is 9.84 Å². The molecule has 0 unspecified atom stereocenters. The van der Waals surface area contributed by atoms with Crippen molar-refractivity contribution in [3.63, 3.8) is 0 Å². The van der Waals surface area contributed by atoms with Crippen molar-refractivity contribution in [1.82, 2.24) is 0 Å². The summed E-state index contributed by atoms with van der Waals surface area (Å²) in [5, 5.41) is 10.5. The molecule has 0 fully saturated rings. The van der Waals surface area contributed by atoms with Crippen LogP contribution < -0.4 is 0 Å². The Morgan fingerprint density at radius 2 is 2.00 bits per heavy atom. The second-order valence-corrected chi connectivity index (χ2v) is 6.44. The molecule has 0 saturated heterocycles. The minimum Gasteiger partial charge on any atom is -0.395 e. The topological polar surface area (TPSA) is 54.4 Å². The minimum absolute atomic E-state index is 0.0300. The predicted molar refractivity (Wildman–Crippen MR) is 62.8 cm³/mol. The van der Waals surface area contributed by atoms with Crippen LogP contribution in [0.2, 0.25) is 0 Å². The molecule has 0 aromatic heterocycles. The Kier molecular flexibility index (Phi) is 2.44. The molecule has 4 heteroatoms. The van der Waals surface area contributed by atoms with Crippen molar-refractivity contribution >= 4 is 15.9 Å². The molecule has 2 rings (SSSR count). The number of aliphatic hydroxyl groups excluding tert-OH is 1. The Bertz CT molecular complexity index is 554. The van der Waals surface area contributed by atoms with Gasteiger partial charge in [0.15, 0.2) is 9.84 Å². The van der Waals surface area contributed by atoms with Gasteiger partial charge in [0.05, 0.1) is 11.5 Å². The molecule has 0 atom stereocenters. The predicted octanol–water partition coefficient (Wildman–Crippen LogP) is 1.71. The maximum Gasteiger partial charge on any atom is 0.200 e. The first-order chi connectivity index (χ1) is 7.37. The fraction of sp³-hybridized carbons (Fsp3) is 0.333. The molecule has 1 aromatic rings. The number of fused-ring (bicyclic) bond motifs is 1. The Morgan fingerprint density at radius 3 is 2.62 bits per heavy atom. The van der Waals surface area contributed by atoms with Crippen LogP contribution in [0.4, 0.5) is 0 Å². The molecule has 16 heavy (non-hydrogen) atoms. The lowest BCUT2D eigenvalue weighted by atomic mass is 9.85. The van der Waals surface area contributed by atoms with Crippen LogP contribution in [0.1, 0.15) is 25.0 Å². The van der Waals surface area contributed by atoms with Crippen molar-refractivity contribution in [3.05, 3.63) is 34.7 Å². The molecule has 0 bridgehead atoms. The summed E-state index contributed by atoms with van der Waals surface area (Å²) >= 11 is 0. The van der Waals surface area contributed by atoms with E-state index in [1.165, 1.54) is 5.41 Å². The fourth-order valence-electron chi connectivity index (χ4n) is 1.69. The molecular formula is C12H14O3S. The zero-order valence-electron chi connectivity index (χ0n) is 9.27. The van der Waals surface area contributed by atoms with E-state index in [1.54, 1.807) is 18.2 Å². The van der Waals surface area contributed by atoms with Gasteiger partial charge in [-0.1, -0.05) is 19.9 Å². The molecule has 0 saturated carbocycles. The largest absolute Gasteiger partial charge is 0.395 e. The van der Waals surface area contributed by atoms with Crippen molar-refractivity contribution in [2.24, 2.45) is 0 Å². The number of hydrogen-bond acceptors (Lipinski definition) is 3. The summed E-state index contributed by atoms with van der Waals surface area (Å²) in [6.45, 7) is 3.87. The van der Waals surface area contributed by atoms with Crippen molar-refractivity contribution in [2.45, 2.75) is 24.2 Å². The summed E-state index contributed by atoms with van der Waals surface area (Å²) in [7, 11) is -3.22. The molecule has 0 spiro atoms. The minimum atomic E-state index is -3.22. The summed E-state index contributed by atoms with van der Waals surface area (Å²) in [5.74, 6) is 0. The standard InChI is InChI=1S/C12H14O3S/c1-12(2,8-13)10-3-4-11-9(7-10)5-6-16(11,14)15/h3-7,13H,8H2,1-2H3. The van der Waals surface area contributed by atoms with Crippen molar-refractivity contribution < 1.29 is 13.5 Å². The van der Waals surface area contributed by atoms with Gasteiger partial charge in [0, 0.05) is 10.8 Å². The second kappa shape index (κ2) is 3.43. The molecular weight excluding hydrogens is 224 g/mol. The lowest BCUT2D eigenvalue weighted by Gasteiger charge is -2.22. The molecule has 1 aromatic carbocycles. The third-order valence-electron chi connectivity index (χ3n) is 2.92. The normalized spacial score (nSPS) is 17.4. The van der Waals surface area contributed by atoms with E-state index in [2.05, 4.69) is 0 Å². The average molecular weight is 238 g/mol. The SMILES string of the molecule is CC(C)(CO)c1ccc2c(c1)C=CS2(=O)=O. The molecule has 0 aliphatic carbocycles. The Labute approximate surface area is 95.3 Å². The molecule has 1 heterocycles. The zero-order valence-corrected chi connectivity index (χ0v) is 10.1. The Hall–Kier alpha value is -1.13. The van der Waals surface area contributed by atoms with E-state index in [1.807, 2.05) is 19.9 Å². The van der Waals surface area contributed by atoms with Crippen LogP contribution in [-0.2, 0) is 15.3 Å². The molecule has 0 radical (unpaired) electrons. The highest BCUT2D eigenvalue weighted by atomic mass is 32.2. The summed E-state index contributed by atoms with van der Waals surface area (Å²) in [6.07, 6.45) is 1.60. The number of hydrogen-bond donors (Lipinski definition) is 1. The van der Waals surface area contributed by atoms with Gasteiger partial charge in [-0.25, -0.2) is 8.42 Å². The molecule has 86 valence electrons. The highest BCUT2D eigenvalue weighted by Gasteiger charge is 2.25. The average Bonchev–Trinajstić information content (AvgIpc) is 2.55. The number of sulfone groups is 1. The third-order valence-corrected chi connectivity index (χ3v) is 4.40. The maximum atomic E-state index is 11.5. The Balaban J connectivity index is 2.56. The summed E-state index contributed by atoms with van der Waals surface area (Å²) < 4.78 is 23.1. The highest BCUT2D eigenvalue weighted by Crippen LogP contribution is 2.31. The lowest BCUT2D eigenvalue weighted by molar-refractivity contribution is 0.218. The van der Waals surface area contributed by atoms with E-state index in [-0.39, 0.29) is 12.0 Å². The first-order valence-corrected chi connectivity index (χ1v) is 6.60. The van der Waals surface area contributed by atoms with Gasteiger partial charge in [-0.15, -0.1) is 0 Å². The summed E-state index contributed by atoms with van der Waals surface area (Å²) in [6, 6.07) is 5.20. The molecule has 1 N–H and O–H groups in total. The van der Waals surface area contributed by atoms with Crippen LogP contribution in [0, 0.1) is 0 Å². The van der Waals surface area contributed by atoms with Gasteiger partial charge in [0.1, 0.15) is 0 Å². The van der Waals surface area contributed by atoms with Gasteiger partial charge in [0.25, 0.3) is 0 Å². The van der Waals surface area contributed by atoms with Crippen molar-refractivity contribution in [3.8, 4) is 0 Å². The summed E-state index contributed by atoms with van der Waals surface area (Å²) in [5.41, 5.74) is 1.30. The van der Waals surface area contributed by atoms with Crippen LogP contribution >= 0.6 is 0 Å². The van der Waals surface area contributed by atoms with Crippen molar-refractivity contribution in [1.29, 1.82) is 0 Å². The van der Waals surface area contributed by atoms with Crippen LogP contribution in [0.5, 0.6) is 0 Å². The van der Waals surface area contributed by atoms with Gasteiger partial charge >= 0.3 is 0 Å². The zero-order chi connectivity index (χ0) is 12.0. The van der Waals surface area contributed by atoms with Crippen LogP contribution in [-0.4, -0.2) is 20.1 Å². The van der Waals surface area contributed by atoms with E-state index in [0.29, 0.717) is 10.5 Å². The van der Waals surface area contributed by atoms with Crippen LogP contribution in [0.3, 0.4) is 0 Å². The molecule has 3 nitrogen and oxygen atoms in total. The molecule has 1 aliphatic heterocycles. The lowest BCUT2D eigenvalue weighted by Crippen LogP contribution is -2.22. The number of aliphatic hydroxyl groups is 1. The number of benzene rings is 1. The van der Waals surface area contributed by atoms with Gasteiger partial charge in [0.2, 0.25) is 0 Å². The van der Waals surface area contributed by atoms with Gasteiger partial charge in [-0.05, 0) is 29.3 Å². The highest BCUT2D eigenvalue weighted by molar-refractivity contribution is 7.94. The smallest absolute Gasteiger partial charge is 0.200 e.